The van der Waals surface area contributed by atoms with Gasteiger partial charge in [-0.25, -0.2) is 0 Å². The molecule has 170 valence electrons. The summed E-state index contributed by atoms with van der Waals surface area (Å²) in [5.41, 5.74) is 2.50. The van der Waals surface area contributed by atoms with Crippen molar-refractivity contribution in [1.29, 1.82) is 0 Å². The molecule has 1 heterocycles. The Labute approximate surface area is 192 Å². The molecule has 0 radical (unpaired) electrons. The Bertz CT molecular complexity index is 1140. The number of benzene rings is 3. The topological polar surface area (TPSA) is 85.3 Å². The van der Waals surface area contributed by atoms with Crippen molar-refractivity contribution >= 4 is 11.7 Å². The highest BCUT2D eigenvalue weighted by molar-refractivity contribution is 6.09. The van der Waals surface area contributed by atoms with Gasteiger partial charge in [0, 0.05) is 22.3 Å². The van der Waals surface area contributed by atoms with Gasteiger partial charge in [0.25, 0.3) is 5.91 Å². The maximum Gasteiger partial charge on any atom is 0.260 e. The minimum Gasteiger partial charge on any atom is -0.496 e. The summed E-state index contributed by atoms with van der Waals surface area (Å²) in [7, 11) is 3.09. The number of rotatable bonds is 7. The van der Waals surface area contributed by atoms with Gasteiger partial charge in [0.15, 0.2) is 12.4 Å². The summed E-state index contributed by atoms with van der Waals surface area (Å²) in [6.07, 6.45) is -0.897. The number of carbonyl (C=O) groups is 2. The predicted octanol–water partition coefficient (Wildman–Crippen LogP) is 3.39. The summed E-state index contributed by atoms with van der Waals surface area (Å²) in [5, 5.41) is 10.7. The highest BCUT2D eigenvalue weighted by atomic mass is 16.5. The molecule has 3 aromatic carbocycles. The van der Waals surface area contributed by atoms with Crippen molar-refractivity contribution in [3.8, 4) is 17.2 Å². The lowest BCUT2D eigenvalue weighted by molar-refractivity contribution is -0.136. The van der Waals surface area contributed by atoms with E-state index in [4.69, 9.17) is 14.2 Å². The molecule has 0 aromatic heterocycles. The zero-order valence-corrected chi connectivity index (χ0v) is 18.5. The van der Waals surface area contributed by atoms with Crippen molar-refractivity contribution in [2.24, 2.45) is 0 Å². The van der Waals surface area contributed by atoms with Crippen molar-refractivity contribution in [2.45, 2.75) is 12.6 Å². The van der Waals surface area contributed by atoms with E-state index in [0.717, 1.165) is 0 Å². The second-order valence-corrected chi connectivity index (χ2v) is 7.66. The van der Waals surface area contributed by atoms with Gasteiger partial charge in [0.1, 0.15) is 23.4 Å². The molecule has 0 fully saturated rings. The number of carbonyl (C=O) groups excluding carboxylic acids is 2. The van der Waals surface area contributed by atoms with Gasteiger partial charge in [-0.05, 0) is 36.4 Å². The smallest absolute Gasteiger partial charge is 0.260 e. The van der Waals surface area contributed by atoms with Crippen LogP contribution in [0.4, 0.5) is 0 Å². The van der Waals surface area contributed by atoms with Gasteiger partial charge in [0.2, 0.25) is 0 Å². The van der Waals surface area contributed by atoms with Gasteiger partial charge >= 0.3 is 0 Å². The van der Waals surface area contributed by atoms with Crippen LogP contribution in [0, 0.1) is 0 Å². The summed E-state index contributed by atoms with van der Waals surface area (Å²) in [5.74, 6) is 1.27. The third-order valence-electron chi connectivity index (χ3n) is 5.66. The first kappa shape index (κ1) is 22.4. The zero-order chi connectivity index (χ0) is 23.4. The molecule has 3 aromatic rings. The summed E-state index contributed by atoms with van der Waals surface area (Å²) in [6, 6.07) is 19.2. The van der Waals surface area contributed by atoms with Gasteiger partial charge in [-0.2, -0.15) is 0 Å². The average molecular weight is 447 g/mol. The van der Waals surface area contributed by atoms with Crippen LogP contribution in [0.25, 0.3) is 0 Å². The van der Waals surface area contributed by atoms with Crippen LogP contribution in [0.1, 0.15) is 33.2 Å². The maximum atomic E-state index is 12.8. The highest BCUT2D eigenvalue weighted by Gasteiger charge is 2.32. The minimum absolute atomic E-state index is 0.0800. The molecule has 0 bridgehead atoms. The summed E-state index contributed by atoms with van der Waals surface area (Å²) in [4.78, 5) is 26.8. The lowest BCUT2D eigenvalue weighted by Crippen LogP contribution is -2.41. The molecule has 1 aliphatic rings. The molecular weight excluding hydrogens is 422 g/mol. The van der Waals surface area contributed by atoms with E-state index in [0.29, 0.717) is 39.5 Å². The van der Waals surface area contributed by atoms with Crippen LogP contribution in [-0.2, 0) is 11.3 Å². The van der Waals surface area contributed by atoms with Crippen molar-refractivity contribution in [3.05, 3.63) is 89.0 Å². The molecule has 0 aliphatic carbocycles. The molecule has 1 N–H and O–H groups in total. The number of hydrogen-bond acceptors (Lipinski definition) is 6. The van der Waals surface area contributed by atoms with Crippen LogP contribution in [-0.4, -0.2) is 49.1 Å². The molecule has 0 saturated heterocycles. The molecule has 0 unspecified atom stereocenters. The summed E-state index contributed by atoms with van der Waals surface area (Å²) in [6.45, 7) is 0.211. The Kier molecular flexibility index (Phi) is 6.60. The number of ketones is 1. The maximum absolute atomic E-state index is 12.8. The van der Waals surface area contributed by atoms with E-state index >= 15 is 0 Å². The second kappa shape index (κ2) is 9.75. The van der Waals surface area contributed by atoms with E-state index in [1.165, 1.54) is 4.90 Å². The molecule has 7 nitrogen and oxygen atoms in total. The van der Waals surface area contributed by atoms with Crippen LogP contribution < -0.4 is 14.2 Å². The standard InChI is InChI=1S/C26H25NO6/c1-31-22-12-13-23(32-2)25-20(22)14-27(15-21(25)28)24(29)16-33-19-10-8-18(9-11-19)26(30)17-6-4-3-5-7-17/h3-13,21,28H,14-16H2,1-2H3/t21-/m1/s1. The Morgan fingerprint density at radius 3 is 2.21 bits per heavy atom. The van der Waals surface area contributed by atoms with Gasteiger partial charge in [-0.1, -0.05) is 30.3 Å². The molecule has 0 saturated carbocycles. The van der Waals surface area contributed by atoms with E-state index in [9.17, 15) is 14.7 Å². The average Bonchev–Trinajstić information content (AvgIpc) is 2.86. The third kappa shape index (κ3) is 4.68. The Hall–Kier alpha value is -3.84. The number of methoxy groups -OCH3 is 2. The lowest BCUT2D eigenvalue weighted by Gasteiger charge is -2.34. The molecule has 0 spiro atoms. The fourth-order valence-corrected chi connectivity index (χ4v) is 3.96. The largest absolute Gasteiger partial charge is 0.496 e. The molecule has 33 heavy (non-hydrogen) atoms. The van der Waals surface area contributed by atoms with Gasteiger partial charge in [-0.3, -0.25) is 9.59 Å². The molecule has 1 atom stereocenters. The molecular formula is C26H25NO6. The van der Waals surface area contributed by atoms with Crippen LogP contribution >= 0.6 is 0 Å². The lowest BCUT2D eigenvalue weighted by atomic mass is 9.95. The number of ether oxygens (including phenoxy) is 3. The second-order valence-electron chi connectivity index (χ2n) is 7.66. The van der Waals surface area contributed by atoms with E-state index in [-0.39, 0.29) is 31.4 Å². The minimum atomic E-state index is -0.897. The van der Waals surface area contributed by atoms with Gasteiger partial charge in [0.05, 0.1) is 27.3 Å². The van der Waals surface area contributed by atoms with E-state index in [1.807, 2.05) is 18.2 Å². The molecule has 1 amide bonds. The fraction of sp³-hybridized carbons (Fsp3) is 0.231. The first-order valence-electron chi connectivity index (χ1n) is 10.5. The number of aliphatic hydroxyl groups excluding tert-OH is 1. The monoisotopic (exact) mass is 447 g/mol. The van der Waals surface area contributed by atoms with E-state index in [2.05, 4.69) is 0 Å². The number of nitrogens with zero attached hydrogens (tertiary/aromatic N) is 1. The van der Waals surface area contributed by atoms with Crippen molar-refractivity contribution in [2.75, 3.05) is 27.4 Å². The van der Waals surface area contributed by atoms with Gasteiger partial charge < -0.3 is 24.2 Å². The van der Waals surface area contributed by atoms with Crippen molar-refractivity contribution in [1.82, 2.24) is 4.90 Å². The first-order valence-corrected chi connectivity index (χ1v) is 10.5. The number of aliphatic hydroxyl groups is 1. The van der Waals surface area contributed by atoms with Crippen LogP contribution in [0.2, 0.25) is 0 Å². The van der Waals surface area contributed by atoms with E-state index < -0.39 is 6.10 Å². The van der Waals surface area contributed by atoms with Crippen LogP contribution in [0.5, 0.6) is 17.2 Å². The zero-order valence-electron chi connectivity index (χ0n) is 18.5. The number of amides is 1. The molecule has 7 heteroatoms. The Morgan fingerprint density at radius 1 is 0.909 bits per heavy atom. The van der Waals surface area contributed by atoms with E-state index in [1.54, 1.807) is 62.8 Å². The Morgan fingerprint density at radius 2 is 1.55 bits per heavy atom. The highest BCUT2D eigenvalue weighted by Crippen LogP contribution is 2.39. The van der Waals surface area contributed by atoms with Crippen molar-refractivity contribution < 1.29 is 28.9 Å². The van der Waals surface area contributed by atoms with Crippen LogP contribution in [0.3, 0.4) is 0 Å². The normalized spacial score (nSPS) is 14.9. The van der Waals surface area contributed by atoms with Crippen molar-refractivity contribution in [3.63, 3.8) is 0 Å². The summed E-state index contributed by atoms with van der Waals surface area (Å²) < 4.78 is 16.4. The number of fused-ring (bicyclic) bond motifs is 1. The summed E-state index contributed by atoms with van der Waals surface area (Å²) >= 11 is 0. The SMILES string of the molecule is COc1ccc(OC)c2c1CN(C(=O)COc1ccc(C(=O)c3ccccc3)cc1)C[C@H]2O. The third-order valence-corrected chi connectivity index (χ3v) is 5.66. The Balaban J connectivity index is 1.41. The number of hydrogen-bond donors (Lipinski definition) is 1. The van der Waals surface area contributed by atoms with Gasteiger partial charge in [-0.15, -0.1) is 0 Å². The fourth-order valence-electron chi connectivity index (χ4n) is 3.96. The first-order chi connectivity index (χ1) is 16.0. The van der Waals surface area contributed by atoms with Crippen LogP contribution in [0.15, 0.2) is 66.7 Å². The quantitative estimate of drug-likeness (QED) is 0.559. The molecule has 4 rings (SSSR count). The molecule has 1 aliphatic heterocycles. The predicted molar refractivity (Wildman–Crippen MR) is 122 cm³/mol. The number of β-amino-alcohol motifs (C(OH)–C–C–N with tert-alkyl or cyclic N) is 1.